The zero-order valence-corrected chi connectivity index (χ0v) is 17.1. The Morgan fingerprint density at radius 1 is 1.18 bits per heavy atom. The number of nitrogens with zero attached hydrogens (tertiary/aromatic N) is 2. The fraction of sp³-hybridized carbons (Fsp3) is 0.190. The molecule has 1 N–H and O–H groups in total. The van der Waals surface area contributed by atoms with Gasteiger partial charge < -0.3 is 9.52 Å². The second-order valence-electron chi connectivity index (χ2n) is 6.30. The van der Waals surface area contributed by atoms with Crippen LogP contribution in [0.1, 0.15) is 33.7 Å². The van der Waals surface area contributed by atoms with Crippen molar-refractivity contribution in [2.75, 3.05) is 0 Å². The predicted octanol–water partition coefficient (Wildman–Crippen LogP) is 5.81. The molecule has 0 aliphatic rings. The van der Waals surface area contributed by atoms with E-state index in [0.717, 1.165) is 32.8 Å². The van der Waals surface area contributed by atoms with Crippen LogP contribution in [0.15, 0.2) is 52.2 Å². The molecule has 4 rings (SSSR count). The molecule has 0 aliphatic heterocycles. The first-order chi connectivity index (χ1) is 13.6. The van der Waals surface area contributed by atoms with Gasteiger partial charge in [-0.05, 0) is 36.6 Å². The molecular formula is C21H18N2O3S2. The Morgan fingerprint density at radius 2 is 1.96 bits per heavy atom. The molecule has 0 atom stereocenters. The standard InChI is InChI=1S/C21H18N2O3S2/c1-3-13-4-6-14(7-5-13)17-12(2)28-20-18(17)19(22-11-23-20)27-10-15-8-9-16(26-15)21(24)25/h4-9,11H,3,10H2,1-2H3,(H,24,25). The summed E-state index contributed by atoms with van der Waals surface area (Å²) in [6.45, 7) is 4.25. The van der Waals surface area contributed by atoms with Gasteiger partial charge in [0.2, 0.25) is 5.76 Å². The number of carbonyl (C=O) groups is 1. The van der Waals surface area contributed by atoms with E-state index in [1.165, 1.54) is 28.3 Å². The van der Waals surface area contributed by atoms with Crippen molar-refractivity contribution < 1.29 is 14.3 Å². The lowest BCUT2D eigenvalue weighted by Crippen LogP contribution is -1.92. The van der Waals surface area contributed by atoms with Crippen LogP contribution in [0.3, 0.4) is 0 Å². The van der Waals surface area contributed by atoms with Crippen LogP contribution in [0.2, 0.25) is 0 Å². The summed E-state index contributed by atoms with van der Waals surface area (Å²) in [5.41, 5.74) is 3.62. The van der Waals surface area contributed by atoms with Crippen LogP contribution < -0.4 is 0 Å². The van der Waals surface area contributed by atoms with Gasteiger partial charge in [0.15, 0.2) is 0 Å². The Bertz CT molecular complexity index is 1150. The molecular weight excluding hydrogens is 392 g/mol. The van der Waals surface area contributed by atoms with Crippen molar-refractivity contribution in [1.29, 1.82) is 0 Å². The van der Waals surface area contributed by atoms with Crippen molar-refractivity contribution in [3.8, 4) is 11.1 Å². The summed E-state index contributed by atoms with van der Waals surface area (Å²) in [4.78, 5) is 22.1. The quantitative estimate of drug-likeness (QED) is 0.319. The highest BCUT2D eigenvalue weighted by Crippen LogP contribution is 2.41. The summed E-state index contributed by atoms with van der Waals surface area (Å²) < 4.78 is 5.36. The Morgan fingerprint density at radius 3 is 2.64 bits per heavy atom. The first-order valence-electron chi connectivity index (χ1n) is 8.85. The highest BCUT2D eigenvalue weighted by atomic mass is 32.2. The number of carboxylic acid groups (broad SMARTS) is 1. The van der Waals surface area contributed by atoms with E-state index in [4.69, 9.17) is 9.52 Å². The molecule has 28 heavy (non-hydrogen) atoms. The van der Waals surface area contributed by atoms with E-state index < -0.39 is 5.97 Å². The topological polar surface area (TPSA) is 76.2 Å². The predicted molar refractivity (Wildman–Crippen MR) is 112 cm³/mol. The number of hydrogen-bond donors (Lipinski definition) is 1. The van der Waals surface area contributed by atoms with Gasteiger partial charge in [0, 0.05) is 10.4 Å². The summed E-state index contributed by atoms with van der Waals surface area (Å²) in [5, 5.41) is 10.9. The summed E-state index contributed by atoms with van der Waals surface area (Å²) in [7, 11) is 0. The minimum absolute atomic E-state index is 0.0495. The second kappa shape index (κ2) is 7.77. The Kier molecular flexibility index (Phi) is 5.19. The number of thioether (sulfide) groups is 1. The van der Waals surface area contributed by atoms with E-state index in [9.17, 15) is 4.79 Å². The minimum atomic E-state index is -1.06. The van der Waals surface area contributed by atoms with Crippen LogP contribution in [-0.2, 0) is 12.2 Å². The Labute approximate surface area is 170 Å². The smallest absolute Gasteiger partial charge is 0.371 e. The summed E-state index contributed by atoms with van der Waals surface area (Å²) in [5.74, 6) is -0.00361. The van der Waals surface area contributed by atoms with Crippen molar-refractivity contribution in [1.82, 2.24) is 9.97 Å². The number of benzene rings is 1. The van der Waals surface area contributed by atoms with Gasteiger partial charge in [-0.25, -0.2) is 14.8 Å². The third-order valence-corrected chi connectivity index (χ3v) is 6.53. The average molecular weight is 411 g/mol. The third kappa shape index (κ3) is 3.55. The molecule has 5 nitrogen and oxygen atoms in total. The molecule has 0 bridgehead atoms. The molecule has 7 heteroatoms. The van der Waals surface area contributed by atoms with Gasteiger partial charge in [-0.3, -0.25) is 0 Å². The molecule has 0 spiro atoms. The van der Waals surface area contributed by atoms with Crippen LogP contribution in [0.4, 0.5) is 0 Å². The monoisotopic (exact) mass is 410 g/mol. The number of aromatic nitrogens is 2. The van der Waals surface area contributed by atoms with Crippen molar-refractivity contribution >= 4 is 39.3 Å². The second-order valence-corrected chi connectivity index (χ2v) is 8.47. The molecule has 0 saturated carbocycles. The average Bonchev–Trinajstić information content (AvgIpc) is 3.30. The van der Waals surface area contributed by atoms with E-state index in [1.54, 1.807) is 23.7 Å². The van der Waals surface area contributed by atoms with Crippen molar-refractivity contribution in [3.05, 3.63) is 64.7 Å². The molecule has 0 saturated heterocycles. The highest BCUT2D eigenvalue weighted by Gasteiger charge is 2.18. The number of aromatic carboxylic acids is 1. The SMILES string of the molecule is CCc1ccc(-c2c(C)sc3ncnc(SCc4ccc(C(=O)O)o4)c23)cc1. The van der Waals surface area contributed by atoms with Crippen molar-refractivity contribution in [2.24, 2.45) is 0 Å². The highest BCUT2D eigenvalue weighted by molar-refractivity contribution is 7.98. The van der Waals surface area contributed by atoms with Gasteiger partial charge >= 0.3 is 5.97 Å². The normalized spacial score (nSPS) is 11.2. The number of rotatable bonds is 6. The lowest BCUT2D eigenvalue weighted by Gasteiger charge is -2.07. The lowest BCUT2D eigenvalue weighted by atomic mass is 10.0. The van der Waals surface area contributed by atoms with Crippen LogP contribution in [0.5, 0.6) is 0 Å². The number of hydrogen-bond acceptors (Lipinski definition) is 6. The van der Waals surface area contributed by atoms with E-state index in [-0.39, 0.29) is 5.76 Å². The maximum atomic E-state index is 11.0. The van der Waals surface area contributed by atoms with E-state index in [2.05, 4.69) is 48.1 Å². The lowest BCUT2D eigenvalue weighted by molar-refractivity contribution is 0.0661. The molecule has 0 amide bonds. The third-order valence-electron chi connectivity index (χ3n) is 4.50. The van der Waals surface area contributed by atoms with Gasteiger partial charge in [-0.1, -0.05) is 43.0 Å². The first-order valence-corrected chi connectivity index (χ1v) is 10.6. The Balaban J connectivity index is 1.71. The maximum Gasteiger partial charge on any atom is 0.371 e. The van der Waals surface area contributed by atoms with Crippen LogP contribution in [0.25, 0.3) is 21.3 Å². The Hall–Kier alpha value is -2.64. The molecule has 0 aliphatic carbocycles. The van der Waals surface area contributed by atoms with Crippen LogP contribution in [-0.4, -0.2) is 21.0 Å². The molecule has 4 aromatic rings. The van der Waals surface area contributed by atoms with Gasteiger partial charge in [-0.2, -0.15) is 0 Å². The summed E-state index contributed by atoms with van der Waals surface area (Å²) in [6.07, 6.45) is 2.59. The molecule has 3 aromatic heterocycles. The molecule has 142 valence electrons. The van der Waals surface area contributed by atoms with Crippen LogP contribution in [0, 0.1) is 6.92 Å². The van der Waals surface area contributed by atoms with Gasteiger partial charge in [-0.15, -0.1) is 11.3 Å². The van der Waals surface area contributed by atoms with Gasteiger partial charge in [0.05, 0.1) is 11.1 Å². The summed E-state index contributed by atoms with van der Waals surface area (Å²) >= 11 is 3.19. The number of fused-ring (bicyclic) bond motifs is 1. The van der Waals surface area contributed by atoms with Crippen molar-refractivity contribution in [3.63, 3.8) is 0 Å². The molecule has 1 aromatic carbocycles. The zero-order valence-electron chi connectivity index (χ0n) is 15.4. The molecule has 0 fully saturated rings. The largest absolute Gasteiger partial charge is 0.475 e. The minimum Gasteiger partial charge on any atom is -0.475 e. The van der Waals surface area contributed by atoms with Crippen molar-refractivity contribution in [2.45, 2.75) is 31.0 Å². The molecule has 0 unspecified atom stereocenters. The van der Waals surface area contributed by atoms with Gasteiger partial charge in [0.25, 0.3) is 0 Å². The summed E-state index contributed by atoms with van der Waals surface area (Å²) in [6, 6.07) is 11.8. The van der Waals surface area contributed by atoms with E-state index in [1.807, 2.05) is 0 Å². The zero-order chi connectivity index (χ0) is 19.7. The first kappa shape index (κ1) is 18.7. The number of furan rings is 1. The fourth-order valence-electron chi connectivity index (χ4n) is 3.09. The van der Waals surface area contributed by atoms with Gasteiger partial charge in [0.1, 0.15) is 21.9 Å². The maximum absolute atomic E-state index is 11.0. The van der Waals surface area contributed by atoms with E-state index >= 15 is 0 Å². The number of aryl methyl sites for hydroxylation is 2. The molecule has 0 radical (unpaired) electrons. The van der Waals surface area contributed by atoms with Crippen LogP contribution >= 0.6 is 23.1 Å². The molecule has 3 heterocycles. The number of thiophene rings is 1. The number of carboxylic acids is 1. The van der Waals surface area contributed by atoms with E-state index in [0.29, 0.717) is 11.5 Å². The fourth-order valence-corrected chi connectivity index (χ4v) is 5.07.